The lowest BCUT2D eigenvalue weighted by atomic mass is 9.75. The second kappa shape index (κ2) is 4.75. The molecule has 0 saturated carbocycles. The van der Waals surface area contributed by atoms with Gasteiger partial charge in [-0.2, -0.15) is 0 Å². The molecular formula is C15H24O. The van der Waals surface area contributed by atoms with Gasteiger partial charge < -0.3 is 4.74 Å². The minimum atomic E-state index is 0.366. The molecule has 0 amide bonds. The molecule has 0 aromatic rings. The monoisotopic (exact) mass is 220 g/mol. The van der Waals surface area contributed by atoms with E-state index in [-0.39, 0.29) is 0 Å². The first-order valence-corrected chi connectivity index (χ1v) is 6.54. The van der Waals surface area contributed by atoms with E-state index in [1.54, 1.807) is 5.57 Å². The molecule has 1 fully saturated rings. The van der Waals surface area contributed by atoms with Gasteiger partial charge in [0.2, 0.25) is 0 Å². The summed E-state index contributed by atoms with van der Waals surface area (Å²) >= 11 is 0. The molecule has 1 heterocycles. The first kappa shape index (κ1) is 11.9. The van der Waals surface area contributed by atoms with Gasteiger partial charge >= 0.3 is 0 Å². The fourth-order valence-electron chi connectivity index (χ4n) is 3.25. The highest BCUT2D eigenvalue weighted by Crippen LogP contribution is 2.37. The third kappa shape index (κ3) is 2.57. The Bertz CT molecular complexity index is 303. The van der Waals surface area contributed by atoms with Crippen LogP contribution in [-0.4, -0.2) is 12.2 Å². The second-order valence-corrected chi connectivity index (χ2v) is 5.77. The van der Waals surface area contributed by atoms with E-state index >= 15 is 0 Å². The molecule has 1 nitrogen and oxygen atoms in total. The van der Waals surface area contributed by atoms with Crippen LogP contribution in [0, 0.1) is 11.8 Å². The number of ether oxygens (including phenoxy) is 1. The first-order valence-electron chi connectivity index (χ1n) is 6.54. The van der Waals surface area contributed by atoms with Gasteiger partial charge in [0.05, 0.1) is 12.2 Å². The van der Waals surface area contributed by atoms with Crippen molar-refractivity contribution in [2.75, 3.05) is 0 Å². The SMILES string of the molecule is C=C1C[C@@H]([C@@H]2CC=C(C)C[C@@H]2C)O[C@@H](C)C1. The maximum atomic E-state index is 6.11. The molecule has 2 rings (SSSR count). The van der Waals surface area contributed by atoms with E-state index in [9.17, 15) is 0 Å². The molecule has 0 aromatic carbocycles. The maximum Gasteiger partial charge on any atom is 0.0649 e. The quantitative estimate of drug-likeness (QED) is 0.604. The maximum absolute atomic E-state index is 6.11. The van der Waals surface area contributed by atoms with Crippen molar-refractivity contribution in [1.82, 2.24) is 0 Å². The molecule has 2 aliphatic rings. The molecule has 1 saturated heterocycles. The Morgan fingerprint density at radius 3 is 2.62 bits per heavy atom. The third-order valence-electron chi connectivity index (χ3n) is 4.06. The Morgan fingerprint density at radius 2 is 2.00 bits per heavy atom. The lowest BCUT2D eigenvalue weighted by molar-refractivity contribution is -0.0640. The predicted molar refractivity (Wildman–Crippen MR) is 68.4 cm³/mol. The Morgan fingerprint density at radius 1 is 1.25 bits per heavy atom. The highest BCUT2D eigenvalue weighted by Gasteiger charge is 2.33. The van der Waals surface area contributed by atoms with E-state index < -0.39 is 0 Å². The average molecular weight is 220 g/mol. The molecule has 0 aromatic heterocycles. The van der Waals surface area contributed by atoms with Crippen molar-refractivity contribution in [2.45, 2.75) is 58.7 Å². The van der Waals surface area contributed by atoms with E-state index in [1.807, 2.05) is 0 Å². The van der Waals surface area contributed by atoms with E-state index in [4.69, 9.17) is 4.74 Å². The minimum absolute atomic E-state index is 0.366. The van der Waals surface area contributed by atoms with Crippen molar-refractivity contribution >= 4 is 0 Å². The fourth-order valence-corrected chi connectivity index (χ4v) is 3.25. The van der Waals surface area contributed by atoms with Crippen LogP contribution < -0.4 is 0 Å². The van der Waals surface area contributed by atoms with Gasteiger partial charge in [0, 0.05) is 0 Å². The molecule has 0 radical (unpaired) electrons. The Balaban J connectivity index is 2.04. The smallest absolute Gasteiger partial charge is 0.0649 e. The summed E-state index contributed by atoms with van der Waals surface area (Å²) in [5.74, 6) is 1.45. The molecule has 0 N–H and O–H groups in total. The van der Waals surface area contributed by atoms with Crippen LogP contribution in [0.2, 0.25) is 0 Å². The number of hydrogen-bond donors (Lipinski definition) is 0. The molecule has 1 aliphatic heterocycles. The molecule has 4 atom stereocenters. The van der Waals surface area contributed by atoms with Crippen molar-refractivity contribution in [3.63, 3.8) is 0 Å². The summed E-state index contributed by atoms with van der Waals surface area (Å²) in [6.45, 7) is 10.9. The van der Waals surface area contributed by atoms with Gasteiger partial charge in [-0.1, -0.05) is 30.7 Å². The normalized spacial score (nSPS) is 40.7. The largest absolute Gasteiger partial charge is 0.374 e. The van der Waals surface area contributed by atoms with Crippen LogP contribution in [0.4, 0.5) is 0 Å². The number of hydrogen-bond acceptors (Lipinski definition) is 1. The van der Waals surface area contributed by atoms with Crippen LogP contribution in [0.3, 0.4) is 0 Å². The number of rotatable bonds is 1. The van der Waals surface area contributed by atoms with Crippen LogP contribution in [0.5, 0.6) is 0 Å². The topological polar surface area (TPSA) is 9.23 Å². The molecule has 0 spiro atoms. The summed E-state index contributed by atoms with van der Waals surface area (Å²) in [6, 6.07) is 0. The van der Waals surface area contributed by atoms with Crippen LogP contribution in [-0.2, 0) is 4.74 Å². The van der Waals surface area contributed by atoms with E-state index in [2.05, 4.69) is 33.4 Å². The highest BCUT2D eigenvalue weighted by molar-refractivity contribution is 5.09. The van der Waals surface area contributed by atoms with Crippen molar-refractivity contribution < 1.29 is 4.74 Å². The summed E-state index contributed by atoms with van der Waals surface area (Å²) in [5, 5.41) is 0. The summed E-state index contributed by atoms with van der Waals surface area (Å²) in [7, 11) is 0. The van der Waals surface area contributed by atoms with Gasteiger partial charge in [-0.25, -0.2) is 0 Å². The van der Waals surface area contributed by atoms with E-state index in [0.717, 1.165) is 18.8 Å². The number of allylic oxidation sites excluding steroid dienone is 2. The summed E-state index contributed by atoms with van der Waals surface area (Å²) in [4.78, 5) is 0. The standard InChI is InChI=1S/C15H24O/c1-10-5-6-14(12(3)7-10)15-9-11(2)8-13(4)16-15/h5,12-15H,2,6-9H2,1,3-4H3/t12-,13-,14+,15-/m0/s1. The third-order valence-corrected chi connectivity index (χ3v) is 4.06. The molecule has 90 valence electrons. The molecular weight excluding hydrogens is 196 g/mol. The average Bonchev–Trinajstić information content (AvgIpc) is 2.15. The van der Waals surface area contributed by atoms with Gasteiger partial charge in [-0.3, -0.25) is 0 Å². The van der Waals surface area contributed by atoms with Crippen LogP contribution in [0.25, 0.3) is 0 Å². The highest BCUT2D eigenvalue weighted by atomic mass is 16.5. The molecule has 0 unspecified atom stereocenters. The molecule has 1 aliphatic carbocycles. The summed E-state index contributed by atoms with van der Waals surface area (Å²) in [6.07, 6.45) is 7.73. The van der Waals surface area contributed by atoms with Crippen LogP contribution >= 0.6 is 0 Å². The van der Waals surface area contributed by atoms with Gasteiger partial charge in [-0.05, 0) is 51.4 Å². The van der Waals surface area contributed by atoms with Gasteiger partial charge in [0.1, 0.15) is 0 Å². The van der Waals surface area contributed by atoms with Crippen molar-refractivity contribution in [3.8, 4) is 0 Å². The zero-order valence-electron chi connectivity index (χ0n) is 10.8. The van der Waals surface area contributed by atoms with Crippen molar-refractivity contribution in [2.24, 2.45) is 11.8 Å². The van der Waals surface area contributed by atoms with Gasteiger partial charge in [0.25, 0.3) is 0 Å². The summed E-state index contributed by atoms with van der Waals surface area (Å²) < 4.78 is 6.11. The molecule has 0 bridgehead atoms. The van der Waals surface area contributed by atoms with E-state index in [0.29, 0.717) is 18.1 Å². The zero-order valence-corrected chi connectivity index (χ0v) is 10.8. The first-order chi connectivity index (χ1) is 7.56. The Labute approximate surface area is 99.6 Å². The second-order valence-electron chi connectivity index (χ2n) is 5.77. The zero-order chi connectivity index (χ0) is 11.7. The van der Waals surface area contributed by atoms with Crippen molar-refractivity contribution in [1.29, 1.82) is 0 Å². The fraction of sp³-hybridized carbons (Fsp3) is 0.733. The lowest BCUT2D eigenvalue weighted by Crippen LogP contribution is -2.36. The van der Waals surface area contributed by atoms with E-state index in [1.165, 1.54) is 18.4 Å². The summed E-state index contributed by atoms with van der Waals surface area (Å²) in [5.41, 5.74) is 2.92. The Kier molecular flexibility index (Phi) is 3.53. The lowest BCUT2D eigenvalue weighted by Gasteiger charge is -2.39. The minimum Gasteiger partial charge on any atom is -0.374 e. The van der Waals surface area contributed by atoms with Gasteiger partial charge in [0.15, 0.2) is 0 Å². The van der Waals surface area contributed by atoms with Crippen molar-refractivity contribution in [3.05, 3.63) is 23.8 Å². The molecule has 16 heavy (non-hydrogen) atoms. The van der Waals surface area contributed by atoms with Crippen LogP contribution in [0.1, 0.15) is 46.5 Å². The predicted octanol–water partition coefficient (Wildman–Crippen LogP) is 4.10. The molecule has 1 heteroatoms. The Hall–Kier alpha value is -0.560. The van der Waals surface area contributed by atoms with Crippen LogP contribution in [0.15, 0.2) is 23.8 Å². The van der Waals surface area contributed by atoms with Gasteiger partial charge in [-0.15, -0.1) is 0 Å².